The largest absolute Gasteiger partial charge is 0.492 e. The molecule has 0 bridgehead atoms. The molecule has 3 aromatic carbocycles. The van der Waals surface area contributed by atoms with Crippen molar-refractivity contribution in [3.8, 4) is 11.5 Å². The number of hydrogen-bond donors (Lipinski definition) is 1. The zero-order chi connectivity index (χ0) is 24.3. The maximum Gasteiger partial charge on any atom is 0.264 e. The molecule has 1 amide bonds. The van der Waals surface area contributed by atoms with E-state index in [9.17, 15) is 13.2 Å². The summed E-state index contributed by atoms with van der Waals surface area (Å²) in [4.78, 5) is 13.0. The molecule has 0 spiro atoms. The van der Waals surface area contributed by atoms with Gasteiger partial charge in [0.2, 0.25) is 0 Å². The Morgan fingerprint density at radius 3 is 2.41 bits per heavy atom. The number of anilines is 1. The van der Waals surface area contributed by atoms with E-state index < -0.39 is 22.0 Å². The van der Waals surface area contributed by atoms with Crippen LogP contribution in [-0.4, -0.2) is 40.1 Å². The van der Waals surface area contributed by atoms with Crippen molar-refractivity contribution in [3.63, 3.8) is 0 Å². The van der Waals surface area contributed by atoms with Gasteiger partial charge in [0.15, 0.2) is 6.10 Å². The average Bonchev–Trinajstić information content (AvgIpc) is 2.81. The molecule has 0 fully saturated rings. The van der Waals surface area contributed by atoms with Crippen molar-refractivity contribution >= 4 is 21.6 Å². The quantitative estimate of drug-likeness (QED) is 0.521. The van der Waals surface area contributed by atoms with Gasteiger partial charge in [-0.2, -0.15) is 0 Å². The summed E-state index contributed by atoms with van der Waals surface area (Å²) in [5.74, 6) is 0.691. The predicted molar refractivity (Wildman–Crippen MR) is 131 cm³/mol. The van der Waals surface area contributed by atoms with Crippen LogP contribution in [0.4, 0.5) is 5.69 Å². The minimum absolute atomic E-state index is 0.128. The normalized spacial score (nSPS) is 15.3. The zero-order valence-corrected chi connectivity index (χ0v) is 20.3. The van der Waals surface area contributed by atoms with Gasteiger partial charge < -0.3 is 14.8 Å². The molecule has 4 rings (SSSR count). The minimum Gasteiger partial charge on any atom is -0.492 e. The number of rotatable bonds is 7. The Balaban J connectivity index is 1.47. The van der Waals surface area contributed by atoms with E-state index in [-0.39, 0.29) is 24.6 Å². The highest BCUT2D eigenvalue weighted by molar-refractivity contribution is 7.92. The number of aryl methyl sites for hydroxylation is 3. The third-order valence-electron chi connectivity index (χ3n) is 5.47. The molecule has 1 aliphatic heterocycles. The average molecular weight is 481 g/mol. The van der Waals surface area contributed by atoms with Gasteiger partial charge in [-0.1, -0.05) is 30.3 Å². The smallest absolute Gasteiger partial charge is 0.264 e. The number of sulfonamides is 1. The predicted octanol–water partition coefficient (Wildman–Crippen LogP) is 3.76. The fourth-order valence-corrected chi connectivity index (χ4v) is 5.41. The summed E-state index contributed by atoms with van der Waals surface area (Å²) in [7, 11) is -3.88. The van der Waals surface area contributed by atoms with Gasteiger partial charge in [0, 0.05) is 0 Å². The first-order valence-electron chi connectivity index (χ1n) is 11.1. The van der Waals surface area contributed by atoms with Gasteiger partial charge in [0.25, 0.3) is 15.9 Å². The zero-order valence-electron chi connectivity index (χ0n) is 19.4. The van der Waals surface area contributed by atoms with E-state index in [0.717, 1.165) is 22.4 Å². The second-order valence-corrected chi connectivity index (χ2v) is 10.3. The fraction of sp³-hybridized carbons (Fsp3) is 0.269. The third kappa shape index (κ3) is 5.17. The standard InChI is InChI=1S/C26H28N2O5S/c1-18-9-10-24-23(16-18)28(34(30,31)22-7-5-4-6-8-22)17-25(33-24)26(29)27-11-12-32-21-14-19(2)13-20(3)15-21/h4-10,13-16,25H,11-12,17H2,1-3H3,(H,27,29). The first-order chi connectivity index (χ1) is 16.2. The van der Waals surface area contributed by atoms with Gasteiger partial charge >= 0.3 is 0 Å². The fourth-order valence-electron chi connectivity index (χ4n) is 3.92. The van der Waals surface area contributed by atoms with Crippen LogP contribution in [0.1, 0.15) is 16.7 Å². The summed E-state index contributed by atoms with van der Waals surface area (Å²) in [6.45, 7) is 6.29. The van der Waals surface area contributed by atoms with Gasteiger partial charge in [-0.3, -0.25) is 9.10 Å². The first-order valence-corrected chi connectivity index (χ1v) is 12.5. The number of fused-ring (bicyclic) bond motifs is 1. The monoisotopic (exact) mass is 480 g/mol. The molecule has 0 aliphatic carbocycles. The highest BCUT2D eigenvalue weighted by Crippen LogP contribution is 2.37. The van der Waals surface area contributed by atoms with Gasteiger partial charge in [-0.05, 0) is 73.9 Å². The van der Waals surface area contributed by atoms with Crippen LogP contribution in [-0.2, 0) is 14.8 Å². The number of benzene rings is 3. The number of nitrogens with one attached hydrogen (secondary N) is 1. The molecule has 0 saturated heterocycles. The van der Waals surface area contributed by atoms with Crippen LogP contribution in [0.25, 0.3) is 0 Å². The van der Waals surface area contributed by atoms with Crippen molar-refractivity contribution in [2.45, 2.75) is 31.8 Å². The van der Waals surface area contributed by atoms with E-state index >= 15 is 0 Å². The van der Waals surface area contributed by atoms with E-state index in [4.69, 9.17) is 9.47 Å². The molecule has 1 aliphatic rings. The SMILES string of the molecule is Cc1cc(C)cc(OCCNC(=O)C2CN(S(=O)(=O)c3ccccc3)c3cc(C)ccc3O2)c1. The molecule has 1 atom stereocenters. The first kappa shape index (κ1) is 23.6. The molecule has 1 heterocycles. The van der Waals surface area contributed by atoms with Gasteiger partial charge in [-0.15, -0.1) is 0 Å². The molecule has 178 valence electrons. The number of carbonyl (C=O) groups excluding carboxylic acids is 1. The third-order valence-corrected chi connectivity index (χ3v) is 7.27. The summed E-state index contributed by atoms with van der Waals surface area (Å²) >= 11 is 0. The Kier molecular flexibility index (Phi) is 6.79. The number of ether oxygens (including phenoxy) is 2. The van der Waals surface area contributed by atoms with Gasteiger partial charge in [0.1, 0.15) is 18.1 Å². The number of hydrogen-bond acceptors (Lipinski definition) is 5. The lowest BCUT2D eigenvalue weighted by Gasteiger charge is -2.35. The van der Waals surface area contributed by atoms with Crippen LogP contribution >= 0.6 is 0 Å². The summed E-state index contributed by atoms with van der Waals surface area (Å²) < 4.78 is 39.7. The molecule has 0 aromatic heterocycles. The van der Waals surface area contributed by atoms with Crippen molar-refractivity contribution in [2.75, 3.05) is 24.0 Å². The van der Waals surface area contributed by atoms with Crippen LogP contribution in [0.15, 0.2) is 71.6 Å². The lowest BCUT2D eigenvalue weighted by Crippen LogP contribution is -2.51. The van der Waals surface area contributed by atoms with Crippen molar-refractivity contribution < 1.29 is 22.7 Å². The molecule has 3 aromatic rings. The van der Waals surface area contributed by atoms with E-state index in [2.05, 4.69) is 11.4 Å². The van der Waals surface area contributed by atoms with Crippen molar-refractivity contribution in [2.24, 2.45) is 0 Å². The molecule has 34 heavy (non-hydrogen) atoms. The maximum atomic E-state index is 13.4. The van der Waals surface area contributed by atoms with Crippen molar-refractivity contribution in [3.05, 3.63) is 83.4 Å². The molecular formula is C26H28N2O5S. The van der Waals surface area contributed by atoms with Crippen LogP contribution in [0.5, 0.6) is 11.5 Å². The topological polar surface area (TPSA) is 84.9 Å². The summed E-state index contributed by atoms with van der Waals surface area (Å²) in [6.07, 6.45) is -0.991. The highest BCUT2D eigenvalue weighted by Gasteiger charge is 2.37. The maximum absolute atomic E-state index is 13.4. The second-order valence-electron chi connectivity index (χ2n) is 8.39. The Morgan fingerprint density at radius 2 is 1.71 bits per heavy atom. The molecule has 8 heteroatoms. The summed E-state index contributed by atoms with van der Waals surface area (Å²) in [5, 5.41) is 2.80. The van der Waals surface area contributed by atoms with E-state index in [0.29, 0.717) is 11.4 Å². The summed E-state index contributed by atoms with van der Waals surface area (Å²) in [6, 6.07) is 19.4. The van der Waals surface area contributed by atoms with Crippen LogP contribution in [0, 0.1) is 20.8 Å². The molecular weight excluding hydrogens is 452 g/mol. The molecule has 1 unspecified atom stereocenters. The molecule has 0 saturated carbocycles. The van der Waals surface area contributed by atoms with Crippen LogP contribution in [0.3, 0.4) is 0 Å². The number of amides is 1. The Morgan fingerprint density at radius 1 is 1.00 bits per heavy atom. The Hall–Kier alpha value is -3.52. The van der Waals surface area contributed by atoms with Crippen molar-refractivity contribution in [1.29, 1.82) is 0 Å². The lowest BCUT2D eigenvalue weighted by molar-refractivity contribution is -0.127. The van der Waals surface area contributed by atoms with E-state index in [1.54, 1.807) is 42.5 Å². The van der Waals surface area contributed by atoms with Gasteiger partial charge in [0.05, 0.1) is 23.7 Å². The molecule has 0 radical (unpaired) electrons. The Bertz CT molecular complexity index is 1270. The summed E-state index contributed by atoms with van der Waals surface area (Å²) in [5.41, 5.74) is 3.51. The van der Waals surface area contributed by atoms with Gasteiger partial charge in [-0.25, -0.2) is 8.42 Å². The van der Waals surface area contributed by atoms with Crippen LogP contribution < -0.4 is 19.1 Å². The van der Waals surface area contributed by atoms with E-state index in [1.165, 1.54) is 4.31 Å². The number of nitrogens with zero attached hydrogens (tertiary/aromatic N) is 1. The number of carbonyl (C=O) groups is 1. The van der Waals surface area contributed by atoms with Crippen LogP contribution in [0.2, 0.25) is 0 Å². The minimum atomic E-state index is -3.88. The lowest BCUT2D eigenvalue weighted by atomic mass is 10.1. The molecule has 1 N–H and O–H groups in total. The Labute approximate surface area is 200 Å². The van der Waals surface area contributed by atoms with Crippen molar-refractivity contribution in [1.82, 2.24) is 5.32 Å². The molecule has 7 nitrogen and oxygen atoms in total. The highest BCUT2D eigenvalue weighted by atomic mass is 32.2. The second kappa shape index (κ2) is 9.77. The van der Waals surface area contributed by atoms with E-state index in [1.807, 2.05) is 39.0 Å².